The van der Waals surface area contributed by atoms with Crippen molar-refractivity contribution in [1.29, 1.82) is 0 Å². The Balaban J connectivity index is 1.93. The van der Waals surface area contributed by atoms with Crippen LogP contribution in [0.2, 0.25) is 0 Å². The molecule has 1 saturated heterocycles. The van der Waals surface area contributed by atoms with Crippen LogP contribution in [0.15, 0.2) is 0 Å². The summed E-state index contributed by atoms with van der Waals surface area (Å²) in [4.78, 5) is 0. The van der Waals surface area contributed by atoms with Gasteiger partial charge in [0.2, 0.25) is 0 Å². The van der Waals surface area contributed by atoms with Crippen LogP contribution in [0.1, 0.15) is 44.9 Å². The number of hydrogen-bond acceptors (Lipinski definition) is 4. The second-order valence-electron chi connectivity index (χ2n) is 6.38. The van der Waals surface area contributed by atoms with Gasteiger partial charge in [-0.3, -0.25) is 0 Å². The molecule has 124 valence electrons. The molecule has 7 heteroatoms. The molecular weight excluding hydrogens is 290 g/mol. The number of nitrogens with zero attached hydrogens (tertiary/aromatic N) is 1. The van der Waals surface area contributed by atoms with Crippen LogP contribution in [0.25, 0.3) is 0 Å². The zero-order chi connectivity index (χ0) is 15.3. The van der Waals surface area contributed by atoms with Crippen LogP contribution < -0.4 is 10.0 Å². The monoisotopic (exact) mass is 319 g/mol. The van der Waals surface area contributed by atoms with E-state index in [1.807, 2.05) is 0 Å². The highest BCUT2D eigenvalue weighted by atomic mass is 32.2. The Morgan fingerprint density at radius 2 is 2.00 bits per heavy atom. The molecule has 2 fully saturated rings. The summed E-state index contributed by atoms with van der Waals surface area (Å²) in [5.41, 5.74) is -0.255. The Morgan fingerprint density at radius 1 is 1.29 bits per heavy atom. The van der Waals surface area contributed by atoms with Gasteiger partial charge < -0.3 is 10.1 Å². The van der Waals surface area contributed by atoms with E-state index in [4.69, 9.17) is 4.74 Å². The summed E-state index contributed by atoms with van der Waals surface area (Å²) in [7, 11) is -0.0611. The van der Waals surface area contributed by atoms with Crippen molar-refractivity contribution < 1.29 is 13.2 Å². The van der Waals surface area contributed by atoms with E-state index in [9.17, 15) is 8.42 Å². The molecule has 1 atom stereocenters. The molecule has 1 unspecified atom stereocenters. The molecule has 0 amide bonds. The van der Waals surface area contributed by atoms with Gasteiger partial charge in [-0.15, -0.1) is 0 Å². The largest absolute Gasteiger partial charge is 0.383 e. The molecule has 0 spiro atoms. The van der Waals surface area contributed by atoms with E-state index >= 15 is 0 Å². The fourth-order valence-electron chi connectivity index (χ4n) is 3.44. The molecule has 0 aromatic heterocycles. The quantitative estimate of drug-likeness (QED) is 0.730. The van der Waals surface area contributed by atoms with E-state index in [0.717, 1.165) is 45.1 Å². The first-order valence-electron chi connectivity index (χ1n) is 7.96. The molecule has 0 aromatic rings. The maximum Gasteiger partial charge on any atom is 0.279 e. The Hall–Kier alpha value is -0.210. The number of nitrogens with one attached hydrogen (secondary N) is 2. The van der Waals surface area contributed by atoms with E-state index in [1.54, 1.807) is 14.2 Å². The summed E-state index contributed by atoms with van der Waals surface area (Å²) in [5.74, 6) is 0. The van der Waals surface area contributed by atoms with Crippen LogP contribution in [0.3, 0.4) is 0 Å². The van der Waals surface area contributed by atoms with Gasteiger partial charge in [-0.2, -0.15) is 12.7 Å². The van der Waals surface area contributed by atoms with Gasteiger partial charge in [0.15, 0.2) is 0 Å². The van der Waals surface area contributed by atoms with Crippen LogP contribution in [-0.4, -0.2) is 58.2 Å². The number of rotatable bonds is 7. The third-order valence-corrected chi connectivity index (χ3v) is 6.38. The topological polar surface area (TPSA) is 70.7 Å². The SMILES string of the molecule is COCC1(CNS(=O)(=O)N(C)C2CCCCC2)CCCN1. The number of methoxy groups -OCH3 is 1. The lowest BCUT2D eigenvalue weighted by Crippen LogP contribution is -2.55. The van der Waals surface area contributed by atoms with Crippen molar-refractivity contribution in [2.24, 2.45) is 0 Å². The first-order valence-corrected chi connectivity index (χ1v) is 9.40. The third-order valence-electron chi connectivity index (χ3n) is 4.81. The van der Waals surface area contributed by atoms with Crippen LogP contribution in [-0.2, 0) is 14.9 Å². The molecule has 1 aliphatic carbocycles. The first kappa shape index (κ1) is 17.1. The highest BCUT2D eigenvalue weighted by Gasteiger charge is 2.36. The minimum atomic E-state index is -3.42. The summed E-state index contributed by atoms with van der Waals surface area (Å²) in [5, 5.41) is 3.39. The van der Waals surface area contributed by atoms with Crippen molar-refractivity contribution >= 4 is 10.2 Å². The molecule has 2 N–H and O–H groups in total. The average molecular weight is 319 g/mol. The maximum atomic E-state index is 12.5. The molecule has 1 heterocycles. The van der Waals surface area contributed by atoms with Gasteiger partial charge in [0.05, 0.1) is 12.1 Å². The Bertz CT molecular complexity index is 415. The van der Waals surface area contributed by atoms with Crippen molar-refractivity contribution in [1.82, 2.24) is 14.3 Å². The van der Waals surface area contributed by atoms with E-state index in [-0.39, 0.29) is 11.6 Å². The lowest BCUT2D eigenvalue weighted by atomic mass is 9.96. The first-order chi connectivity index (χ1) is 9.99. The molecule has 1 saturated carbocycles. The lowest BCUT2D eigenvalue weighted by Gasteiger charge is -2.33. The maximum absolute atomic E-state index is 12.5. The van der Waals surface area contributed by atoms with Crippen LogP contribution in [0, 0.1) is 0 Å². The van der Waals surface area contributed by atoms with Gasteiger partial charge in [-0.25, -0.2) is 4.72 Å². The zero-order valence-electron chi connectivity index (χ0n) is 13.2. The fourth-order valence-corrected chi connectivity index (χ4v) is 4.71. The predicted octanol–water partition coefficient (Wildman–Crippen LogP) is 0.854. The van der Waals surface area contributed by atoms with E-state index in [0.29, 0.717) is 13.2 Å². The van der Waals surface area contributed by atoms with E-state index in [2.05, 4.69) is 10.0 Å². The molecule has 0 aromatic carbocycles. The highest BCUT2D eigenvalue weighted by Crippen LogP contribution is 2.24. The molecule has 6 nitrogen and oxygen atoms in total. The summed E-state index contributed by atoms with van der Waals surface area (Å²) >= 11 is 0. The molecule has 21 heavy (non-hydrogen) atoms. The molecule has 0 radical (unpaired) electrons. The van der Waals surface area contributed by atoms with Crippen molar-refractivity contribution in [3.05, 3.63) is 0 Å². The van der Waals surface area contributed by atoms with Gasteiger partial charge in [-0.1, -0.05) is 19.3 Å². The normalized spacial score (nSPS) is 28.3. The summed E-state index contributed by atoms with van der Waals surface area (Å²) < 4.78 is 34.5. The second-order valence-corrected chi connectivity index (χ2v) is 8.19. The average Bonchev–Trinajstić information content (AvgIpc) is 2.95. The highest BCUT2D eigenvalue weighted by molar-refractivity contribution is 7.87. The van der Waals surface area contributed by atoms with Gasteiger partial charge in [0, 0.05) is 26.7 Å². The molecule has 2 rings (SSSR count). The lowest BCUT2D eigenvalue weighted by molar-refractivity contribution is 0.122. The fraction of sp³-hybridized carbons (Fsp3) is 1.00. The number of hydrogen-bond donors (Lipinski definition) is 2. The van der Waals surface area contributed by atoms with Crippen molar-refractivity contribution in [2.75, 3.05) is 33.9 Å². The van der Waals surface area contributed by atoms with Crippen LogP contribution in [0.5, 0.6) is 0 Å². The van der Waals surface area contributed by atoms with E-state index in [1.165, 1.54) is 10.7 Å². The van der Waals surface area contributed by atoms with Crippen molar-refractivity contribution in [2.45, 2.75) is 56.5 Å². The summed E-state index contributed by atoms with van der Waals surface area (Å²) in [6.07, 6.45) is 7.41. The Kier molecular flexibility index (Phi) is 6.02. The number of ether oxygens (including phenoxy) is 1. The summed E-state index contributed by atoms with van der Waals surface area (Å²) in [6, 6.07) is 0.145. The predicted molar refractivity (Wildman–Crippen MR) is 83.4 cm³/mol. The van der Waals surface area contributed by atoms with Crippen LogP contribution in [0.4, 0.5) is 0 Å². The van der Waals surface area contributed by atoms with Gasteiger partial charge in [-0.05, 0) is 32.2 Å². The Labute approximate surface area is 128 Å². The summed E-state index contributed by atoms with van der Waals surface area (Å²) in [6.45, 7) is 1.84. The molecule has 2 aliphatic rings. The van der Waals surface area contributed by atoms with Crippen molar-refractivity contribution in [3.63, 3.8) is 0 Å². The molecular formula is C14H29N3O3S. The smallest absolute Gasteiger partial charge is 0.279 e. The molecule has 0 bridgehead atoms. The molecule has 1 aliphatic heterocycles. The van der Waals surface area contributed by atoms with Crippen molar-refractivity contribution in [3.8, 4) is 0 Å². The standard InChI is InChI=1S/C14H29N3O3S/c1-17(13-7-4-3-5-8-13)21(18,19)16-11-14(12-20-2)9-6-10-15-14/h13,15-16H,3-12H2,1-2H3. The third kappa shape index (κ3) is 4.39. The van der Waals surface area contributed by atoms with E-state index < -0.39 is 10.2 Å². The Morgan fingerprint density at radius 3 is 2.57 bits per heavy atom. The minimum absolute atomic E-state index is 0.145. The van der Waals surface area contributed by atoms with Gasteiger partial charge in [0.1, 0.15) is 0 Å². The van der Waals surface area contributed by atoms with Crippen LogP contribution >= 0.6 is 0 Å². The van der Waals surface area contributed by atoms with Gasteiger partial charge in [0.25, 0.3) is 10.2 Å². The van der Waals surface area contributed by atoms with Gasteiger partial charge >= 0.3 is 0 Å². The minimum Gasteiger partial charge on any atom is -0.383 e. The second kappa shape index (κ2) is 7.37. The zero-order valence-corrected chi connectivity index (χ0v) is 14.0.